The van der Waals surface area contributed by atoms with E-state index < -0.39 is 0 Å². The van der Waals surface area contributed by atoms with Gasteiger partial charge in [0.1, 0.15) is 12.2 Å². The van der Waals surface area contributed by atoms with Crippen molar-refractivity contribution in [3.63, 3.8) is 0 Å². The predicted octanol–water partition coefficient (Wildman–Crippen LogP) is 1.77. The van der Waals surface area contributed by atoms with Gasteiger partial charge in [0.05, 0.1) is 18.4 Å². The van der Waals surface area contributed by atoms with Gasteiger partial charge in [-0.15, -0.1) is 0 Å². The SMILES string of the molecule is c1ccc(-c2[nH]ncc2CNC2CCc3ncnn3C2)cc1. The fraction of sp³-hybridized carbons (Fsp3) is 0.312. The summed E-state index contributed by atoms with van der Waals surface area (Å²) in [4.78, 5) is 4.26. The van der Waals surface area contributed by atoms with E-state index in [9.17, 15) is 0 Å². The molecule has 1 aliphatic heterocycles. The summed E-state index contributed by atoms with van der Waals surface area (Å²) in [7, 11) is 0. The molecule has 0 aliphatic carbocycles. The molecule has 6 nitrogen and oxygen atoms in total. The van der Waals surface area contributed by atoms with Gasteiger partial charge in [-0.3, -0.25) is 5.10 Å². The molecule has 2 aromatic heterocycles. The number of H-pyrrole nitrogens is 1. The van der Waals surface area contributed by atoms with Gasteiger partial charge in [0.2, 0.25) is 0 Å². The highest BCUT2D eigenvalue weighted by atomic mass is 15.3. The Balaban J connectivity index is 1.44. The topological polar surface area (TPSA) is 71.4 Å². The molecule has 3 aromatic rings. The maximum absolute atomic E-state index is 4.26. The molecule has 0 bridgehead atoms. The standard InChI is InChI=1S/C16H18N6/c1-2-4-12(5-3-1)16-13(9-19-21-16)8-17-14-6-7-15-18-11-20-22(15)10-14/h1-5,9,11,14,17H,6-8,10H2,(H,19,21). The van der Waals surface area contributed by atoms with Crippen LogP contribution in [-0.4, -0.2) is 31.0 Å². The Morgan fingerprint density at radius 3 is 3.09 bits per heavy atom. The molecule has 1 atom stereocenters. The van der Waals surface area contributed by atoms with Crippen molar-refractivity contribution in [1.29, 1.82) is 0 Å². The zero-order valence-corrected chi connectivity index (χ0v) is 12.2. The van der Waals surface area contributed by atoms with Crippen molar-refractivity contribution in [1.82, 2.24) is 30.3 Å². The predicted molar refractivity (Wildman–Crippen MR) is 83.0 cm³/mol. The van der Waals surface area contributed by atoms with Crippen LogP contribution in [0.4, 0.5) is 0 Å². The number of aromatic nitrogens is 5. The number of hydrogen-bond acceptors (Lipinski definition) is 4. The number of nitrogens with zero attached hydrogens (tertiary/aromatic N) is 4. The Kier molecular flexibility index (Phi) is 3.44. The molecule has 6 heteroatoms. The minimum atomic E-state index is 0.424. The second-order valence-electron chi connectivity index (χ2n) is 5.61. The molecule has 1 aliphatic rings. The number of aryl methyl sites for hydroxylation is 1. The van der Waals surface area contributed by atoms with E-state index in [2.05, 4.69) is 37.7 Å². The Hall–Kier alpha value is -2.47. The molecule has 0 radical (unpaired) electrons. The van der Waals surface area contributed by atoms with E-state index in [1.807, 2.05) is 29.1 Å². The van der Waals surface area contributed by atoms with Crippen LogP contribution in [0.25, 0.3) is 11.3 Å². The molecule has 0 fully saturated rings. The zero-order chi connectivity index (χ0) is 14.8. The average Bonchev–Trinajstić information content (AvgIpc) is 3.22. The molecule has 112 valence electrons. The lowest BCUT2D eigenvalue weighted by Crippen LogP contribution is -2.37. The number of rotatable bonds is 4. The summed E-state index contributed by atoms with van der Waals surface area (Å²) in [5.41, 5.74) is 3.44. The first-order valence-electron chi connectivity index (χ1n) is 7.58. The van der Waals surface area contributed by atoms with E-state index in [-0.39, 0.29) is 0 Å². The minimum absolute atomic E-state index is 0.424. The molecule has 0 saturated carbocycles. The van der Waals surface area contributed by atoms with Gasteiger partial charge in [0.15, 0.2) is 0 Å². The Morgan fingerprint density at radius 1 is 1.27 bits per heavy atom. The second kappa shape index (κ2) is 5.73. The number of benzene rings is 1. The van der Waals surface area contributed by atoms with E-state index in [4.69, 9.17) is 0 Å². The largest absolute Gasteiger partial charge is 0.308 e. The lowest BCUT2D eigenvalue weighted by molar-refractivity contribution is 0.358. The molecule has 3 heterocycles. The van der Waals surface area contributed by atoms with Crippen LogP contribution in [-0.2, 0) is 19.5 Å². The molecule has 0 amide bonds. The van der Waals surface area contributed by atoms with Crippen LogP contribution in [0.2, 0.25) is 0 Å². The van der Waals surface area contributed by atoms with Crippen LogP contribution < -0.4 is 5.32 Å². The molecule has 0 spiro atoms. The summed E-state index contributed by atoms with van der Waals surface area (Å²) in [5, 5.41) is 15.2. The van der Waals surface area contributed by atoms with Gasteiger partial charge < -0.3 is 5.32 Å². The van der Waals surface area contributed by atoms with E-state index in [0.717, 1.165) is 37.4 Å². The van der Waals surface area contributed by atoms with Gasteiger partial charge in [-0.2, -0.15) is 10.2 Å². The van der Waals surface area contributed by atoms with Crippen LogP contribution in [0.5, 0.6) is 0 Å². The number of fused-ring (bicyclic) bond motifs is 1. The van der Waals surface area contributed by atoms with Gasteiger partial charge >= 0.3 is 0 Å². The van der Waals surface area contributed by atoms with E-state index in [0.29, 0.717) is 6.04 Å². The van der Waals surface area contributed by atoms with Gasteiger partial charge in [0.25, 0.3) is 0 Å². The normalized spacial score (nSPS) is 17.4. The first-order valence-corrected chi connectivity index (χ1v) is 7.58. The molecule has 22 heavy (non-hydrogen) atoms. The van der Waals surface area contributed by atoms with Crippen LogP contribution in [0.3, 0.4) is 0 Å². The lowest BCUT2D eigenvalue weighted by Gasteiger charge is -2.23. The van der Waals surface area contributed by atoms with E-state index in [1.165, 1.54) is 11.1 Å². The van der Waals surface area contributed by atoms with Crippen molar-refractivity contribution in [2.75, 3.05) is 0 Å². The first-order chi connectivity index (χ1) is 10.9. The van der Waals surface area contributed by atoms with Crippen molar-refractivity contribution < 1.29 is 0 Å². The van der Waals surface area contributed by atoms with Crippen molar-refractivity contribution in [2.24, 2.45) is 0 Å². The molecule has 1 aromatic carbocycles. The summed E-state index contributed by atoms with van der Waals surface area (Å²) < 4.78 is 1.99. The van der Waals surface area contributed by atoms with Crippen LogP contribution in [0.15, 0.2) is 42.9 Å². The van der Waals surface area contributed by atoms with Gasteiger partial charge in [-0.05, 0) is 12.0 Å². The third-order valence-corrected chi connectivity index (χ3v) is 4.17. The molecule has 0 saturated heterocycles. The number of nitrogens with one attached hydrogen (secondary N) is 2. The third-order valence-electron chi connectivity index (χ3n) is 4.17. The Bertz CT molecular complexity index is 745. The second-order valence-corrected chi connectivity index (χ2v) is 5.61. The van der Waals surface area contributed by atoms with Crippen molar-refractivity contribution in [3.05, 3.63) is 54.2 Å². The van der Waals surface area contributed by atoms with Crippen molar-refractivity contribution in [2.45, 2.75) is 32.0 Å². The fourth-order valence-electron chi connectivity index (χ4n) is 2.96. The van der Waals surface area contributed by atoms with Gasteiger partial charge in [0, 0.05) is 24.6 Å². The van der Waals surface area contributed by atoms with Crippen LogP contribution >= 0.6 is 0 Å². The lowest BCUT2D eigenvalue weighted by atomic mass is 10.1. The maximum Gasteiger partial charge on any atom is 0.138 e. The third kappa shape index (κ3) is 2.53. The summed E-state index contributed by atoms with van der Waals surface area (Å²) in [6.07, 6.45) is 5.62. The summed E-state index contributed by atoms with van der Waals surface area (Å²) in [5.74, 6) is 1.09. The number of hydrogen-bond donors (Lipinski definition) is 2. The molecular weight excluding hydrogens is 276 g/mol. The summed E-state index contributed by atoms with van der Waals surface area (Å²) >= 11 is 0. The molecule has 2 N–H and O–H groups in total. The van der Waals surface area contributed by atoms with Gasteiger partial charge in [-0.25, -0.2) is 9.67 Å². The van der Waals surface area contributed by atoms with Crippen LogP contribution in [0, 0.1) is 0 Å². The average molecular weight is 294 g/mol. The highest BCUT2D eigenvalue weighted by Gasteiger charge is 2.19. The Morgan fingerprint density at radius 2 is 2.18 bits per heavy atom. The number of aromatic amines is 1. The Labute approximate surface area is 128 Å². The molecular formula is C16H18N6. The summed E-state index contributed by atoms with van der Waals surface area (Å²) in [6.45, 7) is 1.68. The first kappa shape index (κ1) is 13.2. The van der Waals surface area contributed by atoms with Crippen molar-refractivity contribution in [3.8, 4) is 11.3 Å². The van der Waals surface area contributed by atoms with E-state index >= 15 is 0 Å². The molecule has 4 rings (SSSR count). The highest BCUT2D eigenvalue weighted by Crippen LogP contribution is 2.21. The fourth-order valence-corrected chi connectivity index (χ4v) is 2.96. The van der Waals surface area contributed by atoms with Crippen LogP contribution in [0.1, 0.15) is 17.8 Å². The monoisotopic (exact) mass is 294 g/mol. The molecule has 1 unspecified atom stereocenters. The van der Waals surface area contributed by atoms with E-state index in [1.54, 1.807) is 6.33 Å². The van der Waals surface area contributed by atoms with Crippen molar-refractivity contribution >= 4 is 0 Å². The maximum atomic E-state index is 4.26. The summed E-state index contributed by atoms with van der Waals surface area (Å²) in [6, 6.07) is 10.7. The highest BCUT2D eigenvalue weighted by molar-refractivity contribution is 5.62. The quantitative estimate of drug-likeness (QED) is 0.769. The smallest absolute Gasteiger partial charge is 0.138 e. The zero-order valence-electron chi connectivity index (χ0n) is 12.2. The minimum Gasteiger partial charge on any atom is -0.308 e. The van der Waals surface area contributed by atoms with Gasteiger partial charge in [-0.1, -0.05) is 30.3 Å².